The van der Waals surface area contributed by atoms with Crippen molar-refractivity contribution in [3.63, 3.8) is 0 Å². The standard InChI is InChI=1S/C22H25N5O/c1-25-19(16-5-3-2-4-6-16)7-8-20(25)22(28)26-11-9-18(10-12-26)27-21-15-23-13-17(21)14-24-27/h2-8,14,18,23H,9-13,15H2,1H3. The maximum atomic E-state index is 13.1. The molecule has 2 aliphatic heterocycles. The fourth-order valence-corrected chi connectivity index (χ4v) is 4.50. The summed E-state index contributed by atoms with van der Waals surface area (Å²) in [5.41, 5.74) is 5.58. The Balaban J connectivity index is 1.29. The highest BCUT2D eigenvalue weighted by Gasteiger charge is 2.29. The lowest BCUT2D eigenvalue weighted by molar-refractivity contribution is 0.0679. The second-order valence-corrected chi connectivity index (χ2v) is 7.72. The first-order valence-corrected chi connectivity index (χ1v) is 9.99. The molecule has 1 fully saturated rings. The predicted molar refractivity (Wildman–Crippen MR) is 108 cm³/mol. The number of rotatable bonds is 3. The SMILES string of the molecule is Cn1c(C(=O)N2CCC(n3ncc4c3CNC4)CC2)ccc1-c1ccccc1. The van der Waals surface area contributed by atoms with E-state index in [-0.39, 0.29) is 5.91 Å². The number of amides is 1. The summed E-state index contributed by atoms with van der Waals surface area (Å²) in [7, 11) is 1.97. The van der Waals surface area contributed by atoms with Gasteiger partial charge in [-0.15, -0.1) is 0 Å². The molecule has 6 heteroatoms. The molecule has 1 N–H and O–H groups in total. The fraction of sp³-hybridized carbons (Fsp3) is 0.364. The van der Waals surface area contributed by atoms with Gasteiger partial charge in [0.1, 0.15) is 5.69 Å². The van der Waals surface area contributed by atoms with Gasteiger partial charge in [-0.1, -0.05) is 30.3 Å². The predicted octanol–water partition coefficient (Wildman–Crippen LogP) is 2.97. The van der Waals surface area contributed by atoms with E-state index >= 15 is 0 Å². The summed E-state index contributed by atoms with van der Waals surface area (Å²) in [4.78, 5) is 15.1. The van der Waals surface area contributed by atoms with Gasteiger partial charge in [-0.25, -0.2) is 0 Å². The van der Waals surface area contributed by atoms with Crippen LogP contribution in [0.4, 0.5) is 0 Å². The smallest absolute Gasteiger partial charge is 0.270 e. The van der Waals surface area contributed by atoms with Crippen LogP contribution in [-0.2, 0) is 20.1 Å². The number of nitrogens with one attached hydrogen (secondary N) is 1. The summed E-state index contributed by atoms with van der Waals surface area (Å²) in [6, 6.07) is 14.6. The highest BCUT2D eigenvalue weighted by Crippen LogP contribution is 2.28. The minimum Gasteiger partial charge on any atom is -0.340 e. The number of hydrogen-bond acceptors (Lipinski definition) is 3. The van der Waals surface area contributed by atoms with Crippen LogP contribution in [0.25, 0.3) is 11.3 Å². The maximum Gasteiger partial charge on any atom is 0.270 e. The zero-order chi connectivity index (χ0) is 19.1. The van der Waals surface area contributed by atoms with Crippen LogP contribution in [0.2, 0.25) is 0 Å². The van der Waals surface area contributed by atoms with Crippen molar-refractivity contribution >= 4 is 5.91 Å². The summed E-state index contributed by atoms with van der Waals surface area (Å²) in [5, 5.41) is 8.00. The van der Waals surface area contributed by atoms with Crippen LogP contribution < -0.4 is 5.32 Å². The molecule has 1 saturated heterocycles. The number of hydrogen-bond donors (Lipinski definition) is 1. The third-order valence-electron chi connectivity index (χ3n) is 6.10. The number of carbonyl (C=O) groups excluding carboxylic acids is 1. The molecule has 28 heavy (non-hydrogen) atoms. The molecule has 144 valence electrons. The van der Waals surface area contributed by atoms with Crippen LogP contribution in [0.5, 0.6) is 0 Å². The van der Waals surface area contributed by atoms with Gasteiger partial charge in [0.15, 0.2) is 0 Å². The molecule has 0 atom stereocenters. The number of likely N-dealkylation sites (tertiary alicyclic amines) is 1. The van der Waals surface area contributed by atoms with E-state index in [1.54, 1.807) is 0 Å². The van der Waals surface area contributed by atoms with Gasteiger partial charge in [-0.3, -0.25) is 9.48 Å². The summed E-state index contributed by atoms with van der Waals surface area (Å²) in [6.45, 7) is 3.37. The first-order chi connectivity index (χ1) is 13.7. The van der Waals surface area contributed by atoms with Gasteiger partial charge < -0.3 is 14.8 Å². The molecular formula is C22H25N5O. The topological polar surface area (TPSA) is 55.1 Å². The monoisotopic (exact) mass is 375 g/mol. The van der Waals surface area contributed by atoms with E-state index in [1.165, 1.54) is 11.3 Å². The largest absolute Gasteiger partial charge is 0.340 e. The van der Waals surface area contributed by atoms with Crippen molar-refractivity contribution in [3.8, 4) is 11.3 Å². The molecule has 0 radical (unpaired) electrons. The van der Waals surface area contributed by atoms with Crippen LogP contribution in [0.15, 0.2) is 48.7 Å². The van der Waals surface area contributed by atoms with E-state index in [0.29, 0.717) is 6.04 Å². The quantitative estimate of drug-likeness (QED) is 0.766. The minimum atomic E-state index is 0.121. The van der Waals surface area contributed by atoms with Crippen molar-refractivity contribution in [1.82, 2.24) is 24.6 Å². The van der Waals surface area contributed by atoms with Crippen molar-refractivity contribution in [2.24, 2.45) is 7.05 Å². The van der Waals surface area contributed by atoms with Gasteiger partial charge in [0, 0.05) is 44.5 Å². The molecule has 3 aromatic rings. The molecule has 5 rings (SSSR count). The average Bonchev–Trinajstić information content (AvgIpc) is 3.44. The van der Waals surface area contributed by atoms with Crippen LogP contribution in [0.3, 0.4) is 0 Å². The molecular weight excluding hydrogens is 350 g/mol. The third kappa shape index (κ3) is 2.85. The Bertz CT molecular complexity index is 995. The first kappa shape index (κ1) is 17.3. The minimum absolute atomic E-state index is 0.121. The van der Waals surface area contributed by atoms with Gasteiger partial charge in [0.25, 0.3) is 5.91 Å². The van der Waals surface area contributed by atoms with Gasteiger partial charge in [0.05, 0.1) is 17.9 Å². The molecule has 4 heterocycles. The maximum absolute atomic E-state index is 13.1. The van der Waals surface area contributed by atoms with Gasteiger partial charge in [-0.2, -0.15) is 5.10 Å². The lowest BCUT2D eigenvalue weighted by atomic mass is 10.0. The van der Waals surface area contributed by atoms with Gasteiger partial charge in [-0.05, 0) is 30.5 Å². The second-order valence-electron chi connectivity index (χ2n) is 7.72. The Morgan fingerprint density at radius 3 is 2.64 bits per heavy atom. The Morgan fingerprint density at radius 2 is 1.86 bits per heavy atom. The van der Waals surface area contributed by atoms with E-state index in [9.17, 15) is 4.79 Å². The van der Waals surface area contributed by atoms with E-state index < -0.39 is 0 Å². The molecule has 1 amide bonds. The van der Waals surface area contributed by atoms with Gasteiger partial charge in [0.2, 0.25) is 0 Å². The van der Waals surface area contributed by atoms with Crippen molar-refractivity contribution in [1.29, 1.82) is 0 Å². The van der Waals surface area contributed by atoms with E-state index in [2.05, 4.69) is 27.2 Å². The molecule has 0 saturated carbocycles. The van der Waals surface area contributed by atoms with Crippen molar-refractivity contribution in [2.45, 2.75) is 32.0 Å². The number of carbonyl (C=O) groups is 1. The number of piperidine rings is 1. The third-order valence-corrected chi connectivity index (χ3v) is 6.10. The molecule has 1 aromatic carbocycles. The lowest BCUT2D eigenvalue weighted by Gasteiger charge is -2.32. The van der Waals surface area contributed by atoms with Crippen LogP contribution in [0, 0.1) is 0 Å². The summed E-state index contributed by atoms with van der Waals surface area (Å²) in [5.74, 6) is 0.121. The van der Waals surface area contributed by atoms with Crippen molar-refractivity contribution in [3.05, 3.63) is 65.6 Å². The number of aromatic nitrogens is 3. The summed E-state index contributed by atoms with van der Waals surface area (Å²) in [6.07, 6.45) is 3.90. The van der Waals surface area contributed by atoms with Crippen molar-refractivity contribution in [2.75, 3.05) is 13.1 Å². The van der Waals surface area contributed by atoms with Crippen LogP contribution in [-0.4, -0.2) is 38.2 Å². The van der Waals surface area contributed by atoms with E-state index in [0.717, 1.165) is 56.0 Å². The van der Waals surface area contributed by atoms with E-state index in [4.69, 9.17) is 0 Å². The molecule has 0 aliphatic carbocycles. The van der Waals surface area contributed by atoms with Crippen LogP contribution >= 0.6 is 0 Å². The summed E-state index contributed by atoms with van der Waals surface area (Å²) >= 11 is 0. The molecule has 2 aromatic heterocycles. The zero-order valence-electron chi connectivity index (χ0n) is 16.1. The molecule has 0 bridgehead atoms. The molecule has 2 aliphatic rings. The Labute approximate surface area is 164 Å². The highest BCUT2D eigenvalue weighted by atomic mass is 16.2. The number of nitrogens with zero attached hydrogens (tertiary/aromatic N) is 4. The highest BCUT2D eigenvalue weighted by molar-refractivity contribution is 5.94. The van der Waals surface area contributed by atoms with Crippen LogP contribution in [0.1, 0.15) is 40.6 Å². The molecule has 6 nitrogen and oxygen atoms in total. The Morgan fingerprint density at radius 1 is 1.07 bits per heavy atom. The Kier molecular flexibility index (Phi) is 4.28. The zero-order valence-corrected chi connectivity index (χ0v) is 16.1. The first-order valence-electron chi connectivity index (χ1n) is 9.99. The van der Waals surface area contributed by atoms with Gasteiger partial charge >= 0.3 is 0 Å². The molecule has 0 spiro atoms. The lowest BCUT2D eigenvalue weighted by Crippen LogP contribution is -2.40. The second kappa shape index (κ2) is 6.95. The number of benzene rings is 1. The average molecular weight is 375 g/mol. The van der Waals surface area contributed by atoms with E-state index in [1.807, 2.05) is 53.0 Å². The fourth-order valence-electron chi connectivity index (χ4n) is 4.50. The molecule has 0 unspecified atom stereocenters. The Hall–Kier alpha value is -2.86. The summed E-state index contributed by atoms with van der Waals surface area (Å²) < 4.78 is 4.20. The van der Waals surface area contributed by atoms with Crippen molar-refractivity contribution < 1.29 is 4.79 Å². The number of fused-ring (bicyclic) bond motifs is 1. The normalized spacial score (nSPS) is 17.1.